The third-order valence-electron chi connectivity index (χ3n) is 4.49. The number of benzene rings is 2. The highest BCUT2D eigenvalue weighted by molar-refractivity contribution is 7.92. The molecule has 0 spiro atoms. The smallest absolute Gasteiger partial charge is 0.243 e. The molecule has 0 aliphatic carbocycles. The van der Waals surface area contributed by atoms with Crippen molar-refractivity contribution in [3.8, 4) is 11.5 Å². The van der Waals surface area contributed by atoms with Gasteiger partial charge in [0.1, 0.15) is 6.04 Å². The number of ether oxygens (including phenoxy) is 2. The van der Waals surface area contributed by atoms with E-state index in [0.717, 1.165) is 23.4 Å². The van der Waals surface area contributed by atoms with Crippen LogP contribution in [0.4, 0.5) is 5.69 Å². The largest absolute Gasteiger partial charge is 0.493 e. The van der Waals surface area contributed by atoms with Gasteiger partial charge in [0, 0.05) is 12.6 Å². The van der Waals surface area contributed by atoms with Crippen molar-refractivity contribution in [3.05, 3.63) is 54.1 Å². The summed E-state index contributed by atoms with van der Waals surface area (Å²) < 4.78 is 36.4. The van der Waals surface area contributed by atoms with Crippen molar-refractivity contribution in [1.29, 1.82) is 0 Å². The molecule has 2 aromatic rings. The van der Waals surface area contributed by atoms with E-state index in [1.54, 1.807) is 25.1 Å². The number of hydrogen-bond acceptors (Lipinski definition) is 5. The van der Waals surface area contributed by atoms with Gasteiger partial charge < -0.3 is 14.8 Å². The van der Waals surface area contributed by atoms with Gasteiger partial charge in [0.2, 0.25) is 15.9 Å². The van der Waals surface area contributed by atoms with Gasteiger partial charge in [-0.1, -0.05) is 30.3 Å². The number of nitrogens with one attached hydrogen (secondary N) is 1. The van der Waals surface area contributed by atoms with Crippen LogP contribution in [0, 0.1) is 0 Å². The molecule has 0 aromatic heterocycles. The minimum Gasteiger partial charge on any atom is -0.493 e. The van der Waals surface area contributed by atoms with Crippen LogP contribution in [-0.4, -0.2) is 47.4 Å². The number of anilines is 1. The van der Waals surface area contributed by atoms with Gasteiger partial charge >= 0.3 is 0 Å². The van der Waals surface area contributed by atoms with Crippen LogP contribution < -0.4 is 19.1 Å². The Kier molecular flexibility index (Phi) is 7.90. The summed E-state index contributed by atoms with van der Waals surface area (Å²) in [5.74, 6) is 0.495. The van der Waals surface area contributed by atoms with Crippen molar-refractivity contribution in [2.75, 3.05) is 31.3 Å². The molecule has 29 heavy (non-hydrogen) atoms. The molecule has 7 nitrogen and oxygen atoms in total. The minimum absolute atomic E-state index is 0.331. The third kappa shape index (κ3) is 6.12. The van der Waals surface area contributed by atoms with E-state index < -0.39 is 16.1 Å². The van der Waals surface area contributed by atoms with Crippen LogP contribution in [-0.2, 0) is 21.2 Å². The molecule has 1 amide bonds. The summed E-state index contributed by atoms with van der Waals surface area (Å²) in [5.41, 5.74) is 1.52. The highest BCUT2D eigenvalue weighted by atomic mass is 32.2. The first-order valence-electron chi connectivity index (χ1n) is 9.31. The van der Waals surface area contributed by atoms with Crippen molar-refractivity contribution < 1.29 is 22.7 Å². The maximum Gasteiger partial charge on any atom is 0.243 e. The Balaban J connectivity index is 2.08. The first kappa shape index (κ1) is 22.5. The lowest BCUT2D eigenvalue weighted by Gasteiger charge is -2.28. The fourth-order valence-electron chi connectivity index (χ4n) is 3.07. The Morgan fingerprint density at radius 1 is 1.07 bits per heavy atom. The molecule has 0 radical (unpaired) electrons. The standard InChI is InChI=1S/C21H28N2O5S/c1-16(21(24)22-14-8-11-17-9-6-5-7-10-17)23(29(4,25)26)18-12-13-19(27-2)20(15-18)28-3/h5-7,9-10,12-13,15-16H,8,11,14H2,1-4H3,(H,22,24)/t16-/m1/s1. The molecule has 1 atom stereocenters. The molecule has 2 rings (SSSR count). The van der Waals surface area contributed by atoms with E-state index in [1.807, 2.05) is 30.3 Å². The summed E-state index contributed by atoms with van der Waals surface area (Å²) >= 11 is 0. The fraction of sp³-hybridized carbons (Fsp3) is 0.381. The second-order valence-corrected chi connectivity index (χ2v) is 8.51. The first-order chi connectivity index (χ1) is 13.8. The van der Waals surface area contributed by atoms with Gasteiger partial charge in [-0.15, -0.1) is 0 Å². The Labute approximate surface area is 172 Å². The summed E-state index contributed by atoms with van der Waals surface area (Å²) in [4.78, 5) is 12.6. The van der Waals surface area contributed by atoms with Crippen molar-refractivity contribution in [2.45, 2.75) is 25.8 Å². The molecule has 0 saturated heterocycles. The summed E-state index contributed by atoms with van der Waals surface area (Å²) in [6.45, 7) is 2.02. The van der Waals surface area contributed by atoms with Crippen LogP contribution in [0.15, 0.2) is 48.5 Å². The summed E-state index contributed by atoms with van der Waals surface area (Å²) in [7, 11) is -0.739. The van der Waals surface area contributed by atoms with E-state index in [9.17, 15) is 13.2 Å². The van der Waals surface area contributed by atoms with E-state index in [1.165, 1.54) is 19.8 Å². The molecule has 8 heteroatoms. The van der Waals surface area contributed by atoms with Crippen LogP contribution in [0.3, 0.4) is 0 Å². The molecule has 158 valence electrons. The van der Waals surface area contributed by atoms with Crippen molar-refractivity contribution in [2.24, 2.45) is 0 Å². The van der Waals surface area contributed by atoms with Crippen molar-refractivity contribution >= 4 is 21.6 Å². The van der Waals surface area contributed by atoms with Crippen LogP contribution in [0.2, 0.25) is 0 Å². The van der Waals surface area contributed by atoms with Gasteiger partial charge in [0.05, 0.1) is 26.2 Å². The normalized spacial score (nSPS) is 12.1. The van der Waals surface area contributed by atoms with E-state index in [-0.39, 0.29) is 5.91 Å². The summed E-state index contributed by atoms with van der Waals surface area (Å²) in [6.07, 6.45) is 2.67. The van der Waals surface area contributed by atoms with Crippen LogP contribution in [0.5, 0.6) is 11.5 Å². The number of aryl methyl sites for hydroxylation is 1. The lowest BCUT2D eigenvalue weighted by atomic mass is 10.1. The van der Waals surface area contributed by atoms with Gasteiger partial charge in [-0.05, 0) is 37.5 Å². The molecule has 0 bridgehead atoms. The second-order valence-electron chi connectivity index (χ2n) is 6.65. The zero-order chi connectivity index (χ0) is 21.4. The predicted molar refractivity (Wildman–Crippen MR) is 114 cm³/mol. The van der Waals surface area contributed by atoms with Crippen LogP contribution >= 0.6 is 0 Å². The van der Waals surface area contributed by atoms with Gasteiger partial charge in [-0.3, -0.25) is 9.10 Å². The van der Waals surface area contributed by atoms with E-state index in [4.69, 9.17) is 9.47 Å². The number of amides is 1. The highest BCUT2D eigenvalue weighted by Crippen LogP contribution is 2.33. The SMILES string of the molecule is COc1ccc(N([C@H](C)C(=O)NCCCc2ccccc2)S(C)(=O)=O)cc1OC. The number of methoxy groups -OCH3 is 2. The Morgan fingerprint density at radius 3 is 2.31 bits per heavy atom. The Bertz CT molecular complexity index is 916. The zero-order valence-corrected chi connectivity index (χ0v) is 18.0. The Hall–Kier alpha value is -2.74. The predicted octanol–water partition coefficient (Wildman–Crippen LogP) is 2.61. The van der Waals surface area contributed by atoms with Gasteiger partial charge in [0.25, 0.3) is 0 Å². The maximum absolute atomic E-state index is 12.6. The molecule has 0 unspecified atom stereocenters. The zero-order valence-electron chi connectivity index (χ0n) is 17.2. The molecule has 0 heterocycles. The number of rotatable bonds is 10. The molecule has 1 N–H and O–H groups in total. The van der Waals surface area contributed by atoms with E-state index >= 15 is 0 Å². The third-order valence-corrected chi connectivity index (χ3v) is 5.74. The average molecular weight is 421 g/mol. The molecule has 0 aliphatic rings. The van der Waals surface area contributed by atoms with Crippen LogP contribution in [0.1, 0.15) is 18.9 Å². The Morgan fingerprint density at radius 2 is 1.72 bits per heavy atom. The van der Waals surface area contributed by atoms with E-state index in [0.29, 0.717) is 23.7 Å². The second kappa shape index (κ2) is 10.2. The van der Waals surface area contributed by atoms with Crippen molar-refractivity contribution in [3.63, 3.8) is 0 Å². The van der Waals surface area contributed by atoms with Gasteiger partial charge in [-0.25, -0.2) is 8.42 Å². The lowest BCUT2D eigenvalue weighted by molar-refractivity contribution is -0.121. The molecular weight excluding hydrogens is 392 g/mol. The number of sulfonamides is 1. The molecule has 0 aliphatic heterocycles. The van der Waals surface area contributed by atoms with Gasteiger partial charge in [-0.2, -0.15) is 0 Å². The van der Waals surface area contributed by atoms with Crippen LogP contribution in [0.25, 0.3) is 0 Å². The summed E-state index contributed by atoms with van der Waals surface area (Å²) in [5, 5.41) is 2.83. The quantitative estimate of drug-likeness (QED) is 0.597. The highest BCUT2D eigenvalue weighted by Gasteiger charge is 2.29. The monoisotopic (exact) mass is 420 g/mol. The maximum atomic E-state index is 12.6. The average Bonchev–Trinajstić information content (AvgIpc) is 2.70. The molecular formula is C21H28N2O5S. The molecule has 0 fully saturated rings. The number of carbonyl (C=O) groups is 1. The topological polar surface area (TPSA) is 84.9 Å². The minimum atomic E-state index is -3.70. The number of nitrogens with zero attached hydrogens (tertiary/aromatic N) is 1. The first-order valence-corrected chi connectivity index (χ1v) is 11.2. The lowest BCUT2D eigenvalue weighted by Crippen LogP contribution is -2.48. The molecule has 0 saturated carbocycles. The fourth-order valence-corrected chi connectivity index (χ4v) is 4.23. The van der Waals surface area contributed by atoms with Gasteiger partial charge in [0.15, 0.2) is 11.5 Å². The molecule has 2 aromatic carbocycles. The van der Waals surface area contributed by atoms with E-state index in [2.05, 4.69) is 5.32 Å². The van der Waals surface area contributed by atoms with Crippen molar-refractivity contribution in [1.82, 2.24) is 5.32 Å². The number of carbonyl (C=O) groups excluding carboxylic acids is 1. The number of hydrogen-bond donors (Lipinski definition) is 1. The summed E-state index contributed by atoms with van der Waals surface area (Å²) in [6, 6.07) is 13.8.